The number of nitrogens with zero attached hydrogens (tertiary/aromatic N) is 3. The molecule has 0 aliphatic heterocycles. The van der Waals surface area contributed by atoms with Gasteiger partial charge in [-0.25, -0.2) is 4.79 Å². The highest BCUT2D eigenvalue weighted by Crippen LogP contribution is 2.40. The van der Waals surface area contributed by atoms with Crippen LogP contribution >= 0.6 is 27.3 Å². The SMILES string of the molecule is Cc1c(Br)c([N+](=O)[O-])nn1CC(=O)Nc1sc2c(c1C(=O)OC(C)C)CC[C@H](C)C2. The summed E-state index contributed by atoms with van der Waals surface area (Å²) in [5.41, 5.74) is 1.84. The molecule has 30 heavy (non-hydrogen) atoms. The lowest BCUT2D eigenvalue weighted by Crippen LogP contribution is -2.22. The molecular weight excluding hydrogens is 476 g/mol. The topological polar surface area (TPSA) is 116 Å². The van der Waals surface area contributed by atoms with Crippen molar-refractivity contribution >= 4 is 50.0 Å². The van der Waals surface area contributed by atoms with Gasteiger partial charge in [0, 0.05) is 4.88 Å². The normalized spacial score (nSPS) is 15.7. The Bertz CT molecular complexity index is 1010. The minimum absolute atomic E-state index is 0.212. The molecule has 0 radical (unpaired) electrons. The lowest BCUT2D eigenvalue weighted by atomic mass is 9.88. The van der Waals surface area contributed by atoms with E-state index in [1.807, 2.05) is 0 Å². The monoisotopic (exact) mass is 498 g/mol. The Hall–Kier alpha value is -2.27. The zero-order valence-corrected chi connectivity index (χ0v) is 19.6. The van der Waals surface area contributed by atoms with Crippen molar-refractivity contribution in [2.75, 3.05) is 5.32 Å². The Labute approximate surface area is 186 Å². The van der Waals surface area contributed by atoms with Gasteiger partial charge < -0.3 is 20.2 Å². The number of ether oxygens (including phenoxy) is 1. The van der Waals surface area contributed by atoms with Gasteiger partial charge in [0.1, 0.15) is 16.0 Å². The molecule has 9 nitrogen and oxygen atoms in total. The number of nitrogens with one attached hydrogen (secondary N) is 1. The first kappa shape index (κ1) is 22.4. The quantitative estimate of drug-likeness (QED) is 0.361. The first-order valence-electron chi connectivity index (χ1n) is 9.61. The Balaban J connectivity index is 1.87. The molecular formula is C19H23BrN4O5S. The Morgan fingerprint density at radius 2 is 2.17 bits per heavy atom. The number of hydrogen-bond acceptors (Lipinski definition) is 7. The van der Waals surface area contributed by atoms with Crippen LogP contribution in [0.25, 0.3) is 0 Å². The largest absolute Gasteiger partial charge is 0.459 e. The van der Waals surface area contributed by atoms with Crippen LogP contribution in [-0.4, -0.2) is 32.7 Å². The highest BCUT2D eigenvalue weighted by atomic mass is 79.9. The lowest BCUT2D eigenvalue weighted by Gasteiger charge is -2.18. The molecule has 2 aromatic rings. The molecule has 1 atom stereocenters. The first-order valence-corrected chi connectivity index (χ1v) is 11.2. The van der Waals surface area contributed by atoms with Gasteiger partial charge in [-0.1, -0.05) is 6.92 Å². The van der Waals surface area contributed by atoms with Crippen molar-refractivity contribution in [2.24, 2.45) is 5.92 Å². The van der Waals surface area contributed by atoms with E-state index in [4.69, 9.17) is 4.74 Å². The Morgan fingerprint density at radius 1 is 1.47 bits per heavy atom. The summed E-state index contributed by atoms with van der Waals surface area (Å²) < 4.78 is 6.91. The molecule has 11 heteroatoms. The van der Waals surface area contributed by atoms with E-state index in [0.29, 0.717) is 22.2 Å². The predicted molar refractivity (Wildman–Crippen MR) is 116 cm³/mol. The number of halogens is 1. The van der Waals surface area contributed by atoms with E-state index in [0.717, 1.165) is 29.7 Å². The van der Waals surface area contributed by atoms with Gasteiger partial charge in [0.2, 0.25) is 5.91 Å². The number of fused-ring (bicyclic) bond motifs is 1. The number of thiophene rings is 1. The van der Waals surface area contributed by atoms with Crippen molar-refractivity contribution in [1.29, 1.82) is 0 Å². The number of carbonyl (C=O) groups is 2. The van der Waals surface area contributed by atoms with Gasteiger partial charge in [-0.3, -0.25) is 4.79 Å². The second kappa shape index (κ2) is 8.84. The average molecular weight is 499 g/mol. The van der Waals surface area contributed by atoms with Gasteiger partial charge in [-0.15, -0.1) is 11.3 Å². The van der Waals surface area contributed by atoms with Crippen molar-refractivity contribution in [1.82, 2.24) is 9.78 Å². The van der Waals surface area contributed by atoms with Crippen LogP contribution in [0.15, 0.2) is 4.47 Å². The second-order valence-corrected chi connectivity index (χ2v) is 9.59. The van der Waals surface area contributed by atoms with Crippen LogP contribution < -0.4 is 5.32 Å². The second-order valence-electron chi connectivity index (χ2n) is 7.70. The highest BCUT2D eigenvalue weighted by Gasteiger charge is 2.30. The fraction of sp³-hybridized carbons (Fsp3) is 0.526. The zero-order valence-electron chi connectivity index (χ0n) is 17.2. The molecule has 0 fully saturated rings. The van der Waals surface area contributed by atoms with Gasteiger partial charge in [0.15, 0.2) is 0 Å². The van der Waals surface area contributed by atoms with E-state index in [-0.39, 0.29) is 22.9 Å². The van der Waals surface area contributed by atoms with Crippen LogP contribution in [0.3, 0.4) is 0 Å². The summed E-state index contributed by atoms with van der Waals surface area (Å²) in [7, 11) is 0. The molecule has 162 valence electrons. The number of esters is 1. The molecule has 0 aromatic carbocycles. The number of amides is 1. The van der Waals surface area contributed by atoms with Crippen LogP contribution in [0.1, 0.15) is 53.7 Å². The number of anilines is 1. The minimum atomic E-state index is -0.611. The van der Waals surface area contributed by atoms with E-state index in [9.17, 15) is 19.7 Å². The molecule has 1 aliphatic carbocycles. The number of rotatable bonds is 6. The van der Waals surface area contributed by atoms with Gasteiger partial charge in [-0.2, -0.15) is 4.68 Å². The molecule has 0 saturated heterocycles. The Morgan fingerprint density at radius 3 is 2.77 bits per heavy atom. The fourth-order valence-corrected chi connectivity index (χ4v) is 5.25. The van der Waals surface area contributed by atoms with Gasteiger partial charge in [0.05, 0.1) is 22.5 Å². The molecule has 2 aromatic heterocycles. The third-order valence-corrected chi connectivity index (χ3v) is 6.99. The maximum absolute atomic E-state index is 12.7. The highest BCUT2D eigenvalue weighted by molar-refractivity contribution is 9.10. The van der Waals surface area contributed by atoms with E-state index < -0.39 is 16.8 Å². The molecule has 0 bridgehead atoms. The Kier molecular flexibility index (Phi) is 6.61. The summed E-state index contributed by atoms with van der Waals surface area (Å²) in [6.07, 6.45) is 2.32. The molecule has 3 rings (SSSR count). The van der Waals surface area contributed by atoms with E-state index in [2.05, 4.69) is 33.3 Å². The smallest absolute Gasteiger partial charge is 0.404 e. The third kappa shape index (κ3) is 4.56. The van der Waals surface area contributed by atoms with Crippen LogP contribution in [-0.2, 0) is 28.9 Å². The number of aromatic nitrogens is 2. The summed E-state index contributed by atoms with van der Waals surface area (Å²) in [6, 6.07) is 0. The van der Waals surface area contributed by atoms with E-state index >= 15 is 0 Å². The molecule has 0 unspecified atom stereocenters. The van der Waals surface area contributed by atoms with Crippen LogP contribution in [0.2, 0.25) is 0 Å². The fourth-order valence-electron chi connectivity index (χ4n) is 3.41. The number of hydrogen-bond donors (Lipinski definition) is 1. The molecule has 0 spiro atoms. The van der Waals surface area contributed by atoms with E-state index in [1.54, 1.807) is 20.8 Å². The average Bonchev–Trinajstić information content (AvgIpc) is 3.12. The van der Waals surface area contributed by atoms with Crippen molar-refractivity contribution in [3.05, 3.63) is 36.3 Å². The van der Waals surface area contributed by atoms with Crippen LogP contribution in [0.4, 0.5) is 10.8 Å². The third-order valence-electron chi connectivity index (χ3n) is 4.89. The van der Waals surface area contributed by atoms with Crippen molar-refractivity contribution < 1.29 is 19.2 Å². The minimum Gasteiger partial charge on any atom is -0.459 e. The molecule has 1 amide bonds. The molecule has 2 heterocycles. The zero-order chi connectivity index (χ0) is 22.2. The standard InChI is InChI=1S/C19H23BrN4O5S/c1-9(2)29-19(26)15-12-6-5-10(3)7-13(12)30-18(15)21-14(25)8-23-11(4)16(20)17(22-23)24(27)28/h9-10H,5-8H2,1-4H3,(H,21,25)/t10-/m0/s1. The van der Waals surface area contributed by atoms with Gasteiger partial charge >= 0.3 is 11.8 Å². The van der Waals surface area contributed by atoms with Crippen LogP contribution in [0, 0.1) is 23.0 Å². The summed E-state index contributed by atoms with van der Waals surface area (Å²) in [6.45, 7) is 7.15. The molecule has 1 N–H and O–H groups in total. The molecule has 1 aliphatic rings. The summed E-state index contributed by atoms with van der Waals surface area (Å²) in [5.74, 6) is -0.699. The number of carbonyl (C=O) groups excluding carboxylic acids is 2. The van der Waals surface area contributed by atoms with Crippen molar-refractivity contribution in [3.63, 3.8) is 0 Å². The van der Waals surface area contributed by atoms with Gasteiger partial charge in [-0.05, 0) is 72.4 Å². The summed E-state index contributed by atoms with van der Waals surface area (Å²) >= 11 is 4.54. The summed E-state index contributed by atoms with van der Waals surface area (Å²) in [5, 5.41) is 18.2. The van der Waals surface area contributed by atoms with Crippen LogP contribution in [0.5, 0.6) is 0 Å². The first-order chi connectivity index (χ1) is 14.1. The maximum atomic E-state index is 12.7. The van der Waals surface area contributed by atoms with E-state index in [1.165, 1.54) is 16.0 Å². The van der Waals surface area contributed by atoms with Crippen molar-refractivity contribution in [2.45, 2.75) is 59.6 Å². The number of nitro groups is 1. The van der Waals surface area contributed by atoms with Crippen molar-refractivity contribution in [3.8, 4) is 0 Å². The predicted octanol–water partition coefficient (Wildman–Crippen LogP) is 4.25. The van der Waals surface area contributed by atoms with Gasteiger partial charge in [0.25, 0.3) is 0 Å². The maximum Gasteiger partial charge on any atom is 0.404 e. The summed E-state index contributed by atoms with van der Waals surface area (Å²) in [4.78, 5) is 37.0. The lowest BCUT2D eigenvalue weighted by molar-refractivity contribution is -0.390. The molecule has 0 saturated carbocycles.